The van der Waals surface area contributed by atoms with Gasteiger partial charge < -0.3 is 4.74 Å². The number of benzene rings is 2. The van der Waals surface area contributed by atoms with Crippen molar-refractivity contribution in [3.63, 3.8) is 0 Å². The second-order valence-electron chi connectivity index (χ2n) is 3.60. The first-order valence-corrected chi connectivity index (χ1v) is 7.02. The molecule has 0 bridgehead atoms. The summed E-state index contributed by atoms with van der Waals surface area (Å²) in [5, 5.41) is 1.14. The van der Waals surface area contributed by atoms with Crippen molar-refractivity contribution in [3.05, 3.63) is 61.5 Å². The molecule has 0 aromatic heterocycles. The van der Waals surface area contributed by atoms with Gasteiger partial charge in [0.25, 0.3) is 0 Å². The topological polar surface area (TPSA) is 26.3 Å². The highest BCUT2D eigenvalue weighted by atomic mass is 79.9. The number of rotatable bonds is 2. The van der Waals surface area contributed by atoms with Gasteiger partial charge in [0, 0.05) is 10.0 Å². The summed E-state index contributed by atoms with van der Waals surface area (Å²) in [5.74, 6) is -0.330. The fourth-order valence-corrected chi connectivity index (χ4v) is 2.90. The van der Waals surface area contributed by atoms with Gasteiger partial charge in [0.05, 0.1) is 15.1 Å². The third-order valence-corrected chi connectivity index (χ3v) is 3.54. The molecule has 0 amide bonds. The molecule has 0 atom stereocenters. The summed E-state index contributed by atoms with van der Waals surface area (Å²) >= 11 is 20.9. The Labute approximate surface area is 133 Å². The summed E-state index contributed by atoms with van der Waals surface area (Å²) in [6.07, 6.45) is 0. The lowest BCUT2D eigenvalue weighted by molar-refractivity contribution is 0.0733. The van der Waals surface area contributed by atoms with Crippen LogP contribution in [0.1, 0.15) is 10.4 Å². The molecular weight excluding hydrogens is 374 g/mol. The van der Waals surface area contributed by atoms with Gasteiger partial charge >= 0.3 is 5.97 Å². The van der Waals surface area contributed by atoms with Crippen LogP contribution < -0.4 is 4.74 Å². The molecule has 0 aliphatic rings. The first-order chi connectivity index (χ1) is 8.97. The monoisotopic (exact) mass is 378 g/mol. The number of esters is 1. The van der Waals surface area contributed by atoms with Crippen molar-refractivity contribution in [1.29, 1.82) is 0 Å². The maximum Gasteiger partial charge on any atom is 0.343 e. The van der Waals surface area contributed by atoms with Crippen LogP contribution in [0.2, 0.25) is 15.1 Å². The average Bonchev–Trinajstić information content (AvgIpc) is 2.33. The van der Waals surface area contributed by atoms with Crippen molar-refractivity contribution in [1.82, 2.24) is 0 Å². The zero-order valence-corrected chi connectivity index (χ0v) is 13.1. The molecule has 0 aliphatic heterocycles. The van der Waals surface area contributed by atoms with E-state index < -0.39 is 5.97 Å². The van der Waals surface area contributed by atoms with E-state index in [0.717, 1.165) is 0 Å². The highest BCUT2D eigenvalue weighted by molar-refractivity contribution is 9.10. The minimum absolute atomic E-state index is 0.219. The smallest absolute Gasteiger partial charge is 0.343 e. The Kier molecular flexibility index (Phi) is 4.74. The molecule has 0 saturated heterocycles. The summed E-state index contributed by atoms with van der Waals surface area (Å²) in [6, 6.07) is 9.54. The van der Waals surface area contributed by atoms with E-state index in [9.17, 15) is 4.79 Å². The van der Waals surface area contributed by atoms with Crippen molar-refractivity contribution in [2.45, 2.75) is 0 Å². The lowest BCUT2D eigenvalue weighted by Crippen LogP contribution is -2.09. The zero-order chi connectivity index (χ0) is 14.0. The molecule has 0 spiro atoms. The SMILES string of the molecule is O=C(Oc1c(Cl)cc(Cl)cc1Br)c1cccc(Cl)c1. The maximum absolute atomic E-state index is 12.0. The predicted octanol–water partition coefficient (Wildman–Crippen LogP) is 5.63. The van der Waals surface area contributed by atoms with E-state index in [0.29, 0.717) is 20.1 Å². The molecule has 0 unspecified atom stereocenters. The van der Waals surface area contributed by atoms with E-state index in [1.54, 1.807) is 24.3 Å². The first kappa shape index (κ1) is 14.7. The molecule has 0 saturated carbocycles. The van der Waals surface area contributed by atoms with Crippen molar-refractivity contribution < 1.29 is 9.53 Å². The summed E-state index contributed by atoms with van der Waals surface area (Å²) < 4.78 is 5.74. The summed E-state index contributed by atoms with van der Waals surface area (Å²) in [4.78, 5) is 12.0. The molecule has 2 aromatic rings. The lowest BCUT2D eigenvalue weighted by atomic mass is 10.2. The molecule has 98 valence electrons. The van der Waals surface area contributed by atoms with Crippen LogP contribution in [0.15, 0.2) is 40.9 Å². The highest BCUT2D eigenvalue weighted by Gasteiger charge is 2.15. The van der Waals surface area contributed by atoms with Crippen molar-refractivity contribution >= 4 is 56.7 Å². The number of carbonyl (C=O) groups excluding carboxylic acids is 1. The van der Waals surface area contributed by atoms with E-state index in [1.807, 2.05) is 0 Å². The molecule has 0 N–H and O–H groups in total. The number of halogens is 4. The third-order valence-electron chi connectivity index (χ3n) is 2.22. The predicted molar refractivity (Wildman–Crippen MR) is 80.6 cm³/mol. The van der Waals surface area contributed by atoms with Gasteiger partial charge in [-0.1, -0.05) is 40.9 Å². The quantitative estimate of drug-likeness (QED) is 0.499. The van der Waals surface area contributed by atoms with Gasteiger partial charge in [-0.3, -0.25) is 0 Å². The van der Waals surface area contributed by atoms with Crippen molar-refractivity contribution in [2.24, 2.45) is 0 Å². The van der Waals surface area contributed by atoms with Crippen molar-refractivity contribution in [2.75, 3.05) is 0 Å². The second-order valence-corrected chi connectivity index (χ2v) is 5.73. The maximum atomic E-state index is 12.0. The highest BCUT2D eigenvalue weighted by Crippen LogP contribution is 2.36. The molecule has 0 fully saturated rings. The Balaban J connectivity index is 2.29. The van der Waals surface area contributed by atoms with Gasteiger partial charge in [0.15, 0.2) is 5.75 Å². The molecule has 0 radical (unpaired) electrons. The molecule has 0 aliphatic carbocycles. The molecule has 2 aromatic carbocycles. The van der Waals surface area contributed by atoms with Crippen LogP contribution in [0.3, 0.4) is 0 Å². The van der Waals surface area contributed by atoms with Gasteiger partial charge in [0.1, 0.15) is 0 Å². The third kappa shape index (κ3) is 3.63. The van der Waals surface area contributed by atoms with Gasteiger partial charge in [-0.2, -0.15) is 0 Å². The average molecular weight is 380 g/mol. The Bertz CT molecular complexity index is 621. The van der Waals surface area contributed by atoms with E-state index >= 15 is 0 Å². The fraction of sp³-hybridized carbons (Fsp3) is 0. The molecule has 6 heteroatoms. The van der Waals surface area contributed by atoms with Crippen LogP contribution >= 0.6 is 50.7 Å². The largest absolute Gasteiger partial charge is 0.420 e. The van der Waals surface area contributed by atoms with E-state index in [4.69, 9.17) is 39.5 Å². The Morgan fingerprint density at radius 3 is 2.42 bits per heavy atom. The molecular formula is C13H6BrCl3O2. The van der Waals surface area contributed by atoms with Crippen LogP contribution in [0.25, 0.3) is 0 Å². The Morgan fingerprint density at radius 2 is 1.79 bits per heavy atom. The van der Waals surface area contributed by atoms with Crippen LogP contribution in [0.4, 0.5) is 0 Å². The summed E-state index contributed by atoms with van der Waals surface area (Å²) in [6.45, 7) is 0. The number of hydrogen-bond donors (Lipinski definition) is 0. The minimum Gasteiger partial charge on any atom is -0.420 e. The number of carbonyl (C=O) groups is 1. The Morgan fingerprint density at radius 1 is 1.05 bits per heavy atom. The Hall–Kier alpha value is -0.740. The molecule has 2 rings (SSSR count). The molecule has 19 heavy (non-hydrogen) atoms. The first-order valence-electron chi connectivity index (χ1n) is 5.09. The van der Waals surface area contributed by atoms with E-state index in [2.05, 4.69) is 15.9 Å². The minimum atomic E-state index is -0.549. The molecule has 0 heterocycles. The van der Waals surface area contributed by atoms with Gasteiger partial charge in [-0.05, 0) is 46.3 Å². The lowest BCUT2D eigenvalue weighted by Gasteiger charge is -2.09. The van der Waals surface area contributed by atoms with Gasteiger partial charge in [0.2, 0.25) is 0 Å². The number of ether oxygens (including phenoxy) is 1. The summed E-state index contributed by atoms with van der Waals surface area (Å²) in [5.41, 5.74) is 0.338. The number of hydrogen-bond acceptors (Lipinski definition) is 2. The van der Waals surface area contributed by atoms with E-state index in [-0.39, 0.29) is 10.8 Å². The zero-order valence-electron chi connectivity index (χ0n) is 9.29. The second kappa shape index (κ2) is 6.14. The van der Waals surface area contributed by atoms with Crippen LogP contribution in [-0.2, 0) is 0 Å². The van der Waals surface area contributed by atoms with Crippen LogP contribution in [-0.4, -0.2) is 5.97 Å². The fourth-order valence-electron chi connectivity index (χ4n) is 1.39. The van der Waals surface area contributed by atoms with Crippen LogP contribution in [0.5, 0.6) is 5.75 Å². The van der Waals surface area contributed by atoms with Gasteiger partial charge in [-0.25, -0.2) is 4.79 Å². The van der Waals surface area contributed by atoms with Crippen LogP contribution in [0, 0.1) is 0 Å². The summed E-state index contributed by atoms with van der Waals surface area (Å²) in [7, 11) is 0. The normalized spacial score (nSPS) is 10.3. The van der Waals surface area contributed by atoms with Gasteiger partial charge in [-0.15, -0.1) is 0 Å². The molecule has 2 nitrogen and oxygen atoms in total. The van der Waals surface area contributed by atoms with E-state index in [1.165, 1.54) is 12.1 Å². The standard InChI is InChI=1S/C13H6BrCl3O2/c14-10-5-9(16)6-11(17)12(10)19-13(18)7-2-1-3-8(15)4-7/h1-6H. The van der Waals surface area contributed by atoms with Crippen molar-refractivity contribution in [3.8, 4) is 5.75 Å².